The van der Waals surface area contributed by atoms with E-state index in [1.165, 1.54) is 38.9 Å². The first kappa shape index (κ1) is 17.3. The average molecular weight is 371 g/mol. The average Bonchev–Trinajstić information content (AvgIpc) is 3.34. The molecule has 0 saturated carbocycles. The van der Waals surface area contributed by atoms with Gasteiger partial charge in [0, 0.05) is 17.5 Å². The largest absolute Gasteiger partial charge is 0.361 e. The van der Waals surface area contributed by atoms with Crippen LogP contribution in [0.4, 0.5) is 0 Å². The molecule has 138 valence electrons. The molecule has 1 N–H and O–H groups in total. The number of aromatic nitrogens is 1. The lowest BCUT2D eigenvalue weighted by Crippen LogP contribution is -1.93. The van der Waals surface area contributed by atoms with E-state index in [9.17, 15) is 0 Å². The number of hydrogen-bond acceptors (Lipinski definition) is 0. The number of H-pyrrole nitrogens is 1. The third kappa shape index (κ3) is 3.39. The molecular weight excluding hydrogens is 350 g/mol. The van der Waals surface area contributed by atoms with Gasteiger partial charge in [-0.1, -0.05) is 91.0 Å². The van der Waals surface area contributed by atoms with Crippen LogP contribution in [0.25, 0.3) is 44.6 Å². The van der Waals surface area contributed by atoms with Crippen LogP contribution in [-0.2, 0) is 0 Å². The first-order chi connectivity index (χ1) is 14.4. The summed E-state index contributed by atoms with van der Waals surface area (Å²) in [5.41, 5.74) is 9.69. The van der Waals surface area contributed by atoms with Crippen LogP contribution in [0.2, 0.25) is 0 Å². The molecule has 5 aromatic rings. The van der Waals surface area contributed by atoms with Crippen molar-refractivity contribution in [2.45, 2.75) is 0 Å². The molecule has 1 heterocycles. The maximum Gasteiger partial charge on any atom is 0.0466 e. The van der Waals surface area contributed by atoms with Crippen molar-refractivity contribution in [2.75, 3.05) is 0 Å². The van der Waals surface area contributed by atoms with Gasteiger partial charge >= 0.3 is 0 Å². The molecular formula is C28H21N. The van der Waals surface area contributed by atoms with E-state index in [1.807, 2.05) is 6.20 Å². The summed E-state index contributed by atoms with van der Waals surface area (Å²) in [6.45, 7) is 0. The molecule has 29 heavy (non-hydrogen) atoms. The Bertz CT molecular complexity index is 1150. The SMILES string of the molecule is c1ccc(-c2cc(-c3ccccc3)c(-c3ccc[nH]3)c(-c3ccccc3)c2)cc1. The van der Waals surface area contributed by atoms with E-state index in [0.29, 0.717) is 0 Å². The number of rotatable bonds is 4. The molecule has 0 aliphatic carbocycles. The molecule has 0 amide bonds. The van der Waals surface area contributed by atoms with Gasteiger partial charge in [-0.25, -0.2) is 0 Å². The van der Waals surface area contributed by atoms with Crippen molar-refractivity contribution in [1.82, 2.24) is 4.98 Å². The van der Waals surface area contributed by atoms with Crippen molar-refractivity contribution in [3.05, 3.63) is 121 Å². The first-order valence-electron chi connectivity index (χ1n) is 9.88. The number of benzene rings is 4. The van der Waals surface area contributed by atoms with Crippen molar-refractivity contribution in [1.29, 1.82) is 0 Å². The zero-order valence-electron chi connectivity index (χ0n) is 16.0. The van der Waals surface area contributed by atoms with Crippen LogP contribution in [-0.4, -0.2) is 4.98 Å². The zero-order chi connectivity index (χ0) is 19.5. The van der Waals surface area contributed by atoms with Crippen molar-refractivity contribution in [3.63, 3.8) is 0 Å². The van der Waals surface area contributed by atoms with Gasteiger partial charge in [0.05, 0.1) is 0 Å². The summed E-state index contributed by atoms with van der Waals surface area (Å²) in [5.74, 6) is 0. The second-order valence-corrected chi connectivity index (χ2v) is 7.13. The standard InChI is InChI=1S/C28H21N/c1-4-11-21(12-5-1)24-19-25(22-13-6-2-7-14-22)28(27-17-10-18-29-27)26(20-24)23-15-8-3-9-16-23/h1-20,29H. The number of hydrogen-bond donors (Lipinski definition) is 1. The Labute approximate surface area is 171 Å². The summed E-state index contributed by atoms with van der Waals surface area (Å²) < 4.78 is 0. The van der Waals surface area contributed by atoms with E-state index < -0.39 is 0 Å². The van der Waals surface area contributed by atoms with Crippen LogP contribution < -0.4 is 0 Å². The highest BCUT2D eigenvalue weighted by Crippen LogP contribution is 2.42. The van der Waals surface area contributed by atoms with Gasteiger partial charge in [-0.2, -0.15) is 0 Å². The molecule has 5 rings (SSSR count). The van der Waals surface area contributed by atoms with Crippen LogP contribution in [0.3, 0.4) is 0 Å². The fourth-order valence-electron chi connectivity index (χ4n) is 3.91. The molecule has 0 saturated heterocycles. The van der Waals surface area contributed by atoms with E-state index in [0.717, 1.165) is 5.69 Å². The third-order valence-electron chi connectivity index (χ3n) is 5.28. The van der Waals surface area contributed by atoms with Gasteiger partial charge in [0.2, 0.25) is 0 Å². The summed E-state index contributed by atoms with van der Waals surface area (Å²) in [6.07, 6.45) is 1.99. The molecule has 1 aromatic heterocycles. The molecule has 0 spiro atoms. The van der Waals surface area contributed by atoms with Gasteiger partial charge in [0.25, 0.3) is 0 Å². The lowest BCUT2D eigenvalue weighted by atomic mass is 9.86. The quantitative estimate of drug-likeness (QED) is 0.333. The Kier molecular flexibility index (Phi) is 4.56. The van der Waals surface area contributed by atoms with E-state index in [2.05, 4.69) is 120 Å². The summed E-state index contributed by atoms with van der Waals surface area (Å²) in [5, 5.41) is 0. The molecule has 0 aliphatic rings. The second kappa shape index (κ2) is 7.65. The van der Waals surface area contributed by atoms with Crippen LogP contribution in [0.15, 0.2) is 121 Å². The zero-order valence-corrected chi connectivity index (χ0v) is 16.0. The summed E-state index contributed by atoms with van der Waals surface area (Å²) in [4.78, 5) is 3.43. The summed E-state index contributed by atoms with van der Waals surface area (Å²) in [6, 6.07) is 40.7. The van der Waals surface area contributed by atoms with E-state index in [1.54, 1.807) is 0 Å². The highest BCUT2D eigenvalue weighted by Gasteiger charge is 2.17. The van der Waals surface area contributed by atoms with E-state index >= 15 is 0 Å². The number of nitrogens with one attached hydrogen (secondary N) is 1. The highest BCUT2D eigenvalue weighted by molar-refractivity contribution is 5.96. The molecule has 0 unspecified atom stereocenters. The van der Waals surface area contributed by atoms with Gasteiger partial charge in [-0.05, 0) is 57.6 Å². The Morgan fingerprint density at radius 2 is 0.897 bits per heavy atom. The fourth-order valence-corrected chi connectivity index (χ4v) is 3.91. The van der Waals surface area contributed by atoms with E-state index in [-0.39, 0.29) is 0 Å². The molecule has 1 heteroatoms. The Morgan fingerprint density at radius 1 is 0.414 bits per heavy atom. The van der Waals surface area contributed by atoms with Crippen molar-refractivity contribution in [3.8, 4) is 44.6 Å². The molecule has 0 fully saturated rings. The van der Waals surface area contributed by atoms with Gasteiger partial charge in [0.1, 0.15) is 0 Å². The van der Waals surface area contributed by atoms with Crippen molar-refractivity contribution < 1.29 is 0 Å². The Balaban J connectivity index is 1.87. The van der Waals surface area contributed by atoms with Crippen molar-refractivity contribution >= 4 is 0 Å². The van der Waals surface area contributed by atoms with Gasteiger partial charge in [-0.15, -0.1) is 0 Å². The Hall–Kier alpha value is -3.84. The molecule has 1 nitrogen and oxygen atoms in total. The van der Waals surface area contributed by atoms with Gasteiger partial charge < -0.3 is 4.98 Å². The molecule has 4 aromatic carbocycles. The predicted octanol–water partition coefficient (Wildman–Crippen LogP) is 7.68. The van der Waals surface area contributed by atoms with Gasteiger partial charge in [-0.3, -0.25) is 0 Å². The number of aromatic amines is 1. The van der Waals surface area contributed by atoms with Crippen LogP contribution in [0, 0.1) is 0 Å². The second-order valence-electron chi connectivity index (χ2n) is 7.13. The minimum atomic E-state index is 1.13. The fraction of sp³-hybridized carbons (Fsp3) is 0. The smallest absolute Gasteiger partial charge is 0.0466 e. The van der Waals surface area contributed by atoms with Gasteiger partial charge in [0.15, 0.2) is 0 Å². The predicted molar refractivity (Wildman–Crippen MR) is 123 cm³/mol. The molecule has 0 aliphatic heterocycles. The van der Waals surface area contributed by atoms with Crippen LogP contribution >= 0.6 is 0 Å². The maximum absolute atomic E-state index is 3.43. The summed E-state index contributed by atoms with van der Waals surface area (Å²) >= 11 is 0. The topological polar surface area (TPSA) is 15.8 Å². The van der Waals surface area contributed by atoms with Crippen LogP contribution in [0.1, 0.15) is 0 Å². The third-order valence-corrected chi connectivity index (χ3v) is 5.28. The molecule has 0 radical (unpaired) electrons. The lowest BCUT2D eigenvalue weighted by Gasteiger charge is -2.18. The Morgan fingerprint density at radius 3 is 1.34 bits per heavy atom. The lowest BCUT2D eigenvalue weighted by molar-refractivity contribution is 1.40. The normalized spacial score (nSPS) is 10.8. The minimum absolute atomic E-state index is 1.13. The minimum Gasteiger partial charge on any atom is -0.361 e. The molecule has 0 atom stereocenters. The molecule has 0 bridgehead atoms. The monoisotopic (exact) mass is 371 g/mol. The first-order valence-corrected chi connectivity index (χ1v) is 9.88. The van der Waals surface area contributed by atoms with Crippen LogP contribution in [0.5, 0.6) is 0 Å². The van der Waals surface area contributed by atoms with E-state index in [4.69, 9.17) is 0 Å². The van der Waals surface area contributed by atoms with Crippen molar-refractivity contribution in [2.24, 2.45) is 0 Å². The maximum atomic E-state index is 3.43. The highest BCUT2D eigenvalue weighted by atomic mass is 14.7. The summed E-state index contributed by atoms with van der Waals surface area (Å²) in [7, 11) is 0.